The molecule has 2 rings (SSSR count). The molecule has 2 nitrogen and oxygen atoms in total. The van der Waals surface area contributed by atoms with Gasteiger partial charge in [0.15, 0.2) is 0 Å². The van der Waals surface area contributed by atoms with Crippen LogP contribution in [-0.4, -0.2) is 18.3 Å². The van der Waals surface area contributed by atoms with Gasteiger partial charge in [-0.3, -0.25) is 0 Å². The summed E-state index contributed by atoms with van der Waals surface area (Å²) in [6.45, 7) is 8.28. The van der Waals surface area contributed by atoms with Crippen molar-refractivity contribution in [1.82, 2.24) is 0 Å². The Balaban J connectivity index is 2.20. The highest BCUT2D eigenvalue weighted by Crippen LogP contribution is 2.39. The van der Waals surface area contributed by atoms with E-state index in [1.807, 2.05) is 12.9 Å². The first-order chi connectivity index (χ1) is 7.43. The van der Waals surface area contributed by atoms with E-state index < -0.39 is 0 Å². The van der Waals surface area contributed by atoms with Crippen LogP contribution in [0.3, 0.4) is 0 Å². The van der Waals surface area contributed by atoms with E-state index in [0.29, 0.717) is 0 Å². The molecule has 1 unspecified atom stereocenters. The number of rotatable bonds is 2. The molecule has 1 aromatic rings. The fraction of sp³-hybridized carbons (Fsp3) is 0.538. The van der Waals surface area contributed by atoms with E-state index in [1.165, 1.54) is 5.56 Å². The topological polar surface area (TPSA) is 18.5 Å². The van der Waals surface area contributed by atoms with E-state index in [0.717, 1.165) is 6.42 Å². The van der Waals surface area contributed by atoms with Crippen LogP contribution in [0, 0.1) is 0 Å². The smallest absolute Gasteiger partial charge is 0.403 e. The predicted molar refractivity (Wildman–Crippen MR) is 66.4 cm³/mol. The Hall–Kier alpha value is -0.795. The van der Waals surface area contributed by atoms with E-state index >= 15 is 0 Å². The van der Waals surface area contributed by atoms with E-state index in [1.54, 1.807) is 0 Å². The lowest BCUT2D eigenvalue weighted by atomic mass is 9.82. The number of hydrogen-bond donors (Lipinski definition) is 0. The maximum absolute atomic E-state index is 5.95. The van der Waals surface area contributed by atoms with E-state index in [4.69, 9.17) is 9.31 Å². The lowest BCUT2D eigenvalue weighted by Gasteiger charge is -2.36. The van der Waals surface area contributed by atoms with Gasteiger partial charge >= 0.3 is 7.12 Å². The molecule has 1 heterocycles. The Morgan fingerprint density at radius 2 is 1.69 bits per heavy atom. The average Bonchev–Trinajstić information content (AvgIpc) is 2.36. The average molecular weight is 218 g/mol. The summed E-state index contributed by atoms with van der Waals surface area (Å²) in [6, 6.07) is 10.4. The molecule has 1 saturated heterocycles. The number of benzene rings is 1. The molecule has 0 bridgehead atoms. The summed E-state index contributed by atoms with van der Waals surface area (Å²) in [5, 5.41) is 0. The summed E-state index contributed by atoms with van der Waals surface area (Å²) in [5.74, 6) is 0. The summed E-state index contributed by atoms with van der Waals surface area (Å²) < 4.78 is 11.8. The van der Waals surface area contributed by atoms with Crippen molar-refractivity contribution in [2.24, 2.45) is 0 Å². The van der Waals surface area contributed by atoms with Crippen LogP contribution in [0.25, 0.3) is 0 Å². The number of hydrogen-bond acceptors (Lipinski definition) is 2. The third-order valence-electron chi connectivity index (χ3n) is 3.54. The largest absolute Gasteiger partial charge is 0.454 e. The van der Waals surface area contributed by atoms with Gasteiger partial charge in [0, 0.05) is 6.42 Å². The molecule has 1 aliphatic heterocycles. The van der Waals surface area contributed by atoms with Crippen molar-refractivity contribution in [1.29, 1.82) is 0 Å². The zero-order valence-corrected chi connectivity index (χ0v) is 10.5. The van der Waals surface area contributed by atoms with Gasteiger partial charge < -0.3 is 9.31 Å². The first-order valence-corrected chi connectivity index (χ1v) is 5.82. The van der Waals surface area contributed by atoms with Gasteiger partial charge in [-0.05, 0) is 33.2 Å². The fourth-order valence-corrected chi connectivity index (χ4v) is 2.31. The molecule has 1 atom stereocenters. The summed E-state index contributed by atoms with van der Waals surface area (Å²) >= 11 is 0. The lowest BCUT2D eigenvalue weighted by molar-refractivity contribution is -0.00877. The molecule has 0 spiro atoms. The molecule has 0 aromatic heterocycles. The standard InChI is InChI=1S/C13H19BO2/c1-12(2)13(3,16-14(4)15-12)10-11-8-6-5-7-9-11/h5-9H,10H2,1-4H3. The Labute approximate surface area is 98.1 Å². The van der Waals surface area contributed by atoms with Crippen molar-refractivity contribution in [2.75, 3.05) is 0 Å². The highest BCUT2D eigenvalue weighted by Gasteiger charge is 2.51. The van der Waals surface area contributed by atoms with Crippen LogP contribution in [0.15, 0.2) is 30.3 Å². The van der Waals surface area contributed by atoms with Crippen LogP contribution in [0.4, 0.5) is 0 Å². The molecule has 3 heteroatoms. The molecule has 86 valence electrons. The van der Waals surface area contributed by atoms with Gasteiger partial charge in [-0.2, -0.15) is 0 Å². The van der Waals surface area contributed by atoms with Gasteiger partial charge in [0.25, 0.3) is 0 Å². The molecule has 1 aromatic carbocycles. The van der Waals surface area contributed by atoms with E-state index in [2.05, 4.69) is 45.0 Å². The molecule has 16 heavy (non-hydrogen) atoms. The van der Waals surface area contributed by atoms with Crippen molar-refractivity contribution in [3.8, 4) is 0 Å². The van der Waals surface area contributed by atoms with Gasteiger partial charge in [-0.25, -0.2) is 0 Å². The summed E-state index contributed by atoms with van der Waals surface area (Å²) in [4.78, 5) is 0. The van der Waals surface area contributed by atoms with Crippen LogP contribution in [0.5, 0.6) is 0 Å². The van der Waals surface area contributed by atoms with Crippen LogP contribution < -0.4 is 0 Å². The first-order valence-electron chi connectivity index (χ1n) is 5.82. The van der Waals surface area contributed by atoms with Gasteiger partial charge in [0.05, 0.1) is 11.2 Å². The van der Waals surface area contributed by atoms with Gasteiger partial charge in [0.1, 0.15) is 0 Å². The van der Waals surface area contributed by atoms with Crippen molar-refractivity contribution >= 4 is 7.12 Å². The second kappa shape index (κ2) is 3.90. The minimum Gasteiger partial charge on any atom is -0.403 e. The SMILES string of the molecule is CB1OC(C)(C)C(C)(Cc2ccccc2)O1. The summed E-state index contributed by atoms with van der Waals surface area (Å²) in [6.07, 6.45) is 0.880. The first kappa shape index (κ1) is 11.7. The van der Waals surface area contributed by atoms with Crippen LogP contribution in [-0.2, 0) is 15.7 Å². The molecule has 0 saturated carbocycles. The highest BCUT2D eigenvalue weighted by atomic mass is 16.7. The maximum Gasteiger partial charge on any atom is 0.454 e. The van der Waals surface area contributed by atoms with E-state index in [9.17, 15) is 0 Å². The molecule has 1 fully saturated rings. The van der Waals surface area contributed by atoms with Crippen LogP contribution >= 0.6 is 0 Å². The van der Waals surface area contributed by atoms with Crippen LogP contribution in [0.1, 0.15) is 26.3 Å². The van der Waals surface area contributed by atoms with Crippen molar-refractivity contribution < 1.29 is 9.31 Å². The Morgan fingerprint density at radius 1 is 1.06 bits per heavy atom. The van der Waals surface area contributed by atoms with Gasteiger partial charge in [0.2, 0.25) is 0 Å². The Kier molecular flexibility index (Phi) is 2.85. The van der Waals surface area contributed by atoms with Crippen molar-refractivity contribution in [2.45, 2.75) is 45.2 Å². The maximum atomic E-state index is 5.95. The second-order valence-corrected chi connectivity index (χ2v) is 5.21. The molecular formula is C13H19BO2. The second-order valence-electron chi connectivity index (χ2n) is 5.21. The van der Waals surface area contributed by atoms with Gasteiger partial charge in [-0.1, -0.05) is 30.3 Å². The van der Waals surface area contributed by atoms with E-state index in [-0.39, 0.29) is 18.3 Å². The fourth-order valence-electron chi connectivity index (χ4n) is 2.31. The molecule has 0 N–H and O–H groups in total. The zero-order valence-electron chi connectivity index (χ0n) is 10.5. The van der Waals surface area contributed by atoms with Crippen molar-refractivity contribution in [3.63, 3.8) is 0 Å². The summed E-state index contributed by atoms with van der Waals surface area (Å²) in [7, 11) is -0.122. The minimum atomic E-state index is -0.256. The summed E-state index contributed by atoms with van der Waals surface area (Å²) in [5.41, 5.74) is 0.784. The molecule has 0 amide bonds. The van der Waals surface area contributed by atoms with Crippen molar-refractivity contribution in [3.05, 3.63) is 35.9 Å². The molecule has 0 radical (unpaired) electrons. The van der Waals surface area contributed by atoms with Crippen LogP contribution in [0.2, 0.25) is 6.82 Å². The molecule has 1 aliphatic rings. The molecule has 0 aliphatic carbocycles. The Morgan fingerprint density at radius 3 is 2.19 bits per heavy atom. The highest BCUT2D eigenvalue weighted by molar-refractivity contribution is 6.43. The normalized spacial score (nSPS) is 28.4. The monoisotopic (exact) mass is 218 g/mol. The zero-order chi connectivity index (χ0) is 11.8. The minimum absolute atomic E-state index is 0.122. The Bertz CT molecular complexity index is 363. The van der Waals surface area contributed by atoms with Gasteiger partial charge in [-0.15, -0.1) is 0 Å². The quantitative estimate of drug-likeness (QED) is 0.710. The molecular weight excluding hydrogens is 199 g/mol. The predicted octanol–water partition coefficient (Wildman–Crippen LogP) is 2.93. The lowest BCUT2D eigenvalue weighted by Crippen LogP contribution is -2.46. The third kappa shape index (κ3) is 2.02. The third-order valence-corrected chi connectivity index (χ3v) is 3.54.